The van der Waals surface area contributed by atoms with Crippen molar-refractivity contribution in [3.8, 4) is 0 Å². The molecule has 4 rings (SSSR count). The molecule has 1 aliphatic heterocycles. The summed E-state index contributed by atoms with van der Waals surface area (Å²) in [4.78, 5) is 17.5. The molecule has 1 aliphatic rings. The first-order valence-electron chi connectivity index (χ1n) is 11.6. The van der Waals surface area contributed by atoms with Crippen molar-refractivity contribution in [2.45, 2.75) is 32.2 Å². The number of para-hydroxylation sites is 1. The first-order valence-corrected chi connectivity index (χ1v) is 11.6. The summed E-state index contributed by atoms with van der Waals surface area (Å²) in [5.41, 5.74) is 3.29. The average molecular weight is 445 g/mol. The predicted molar refractivity (Wildman–Crippen MR) is 133 cm³/mol. The minimum absolute atomic E-state index is 0.0167. The molecule has 3 aromatic rings. The summed E-state index contributed by atoms with van der Waals surface area (Å²) in [6.45, 7) is 2.20. The van der Waals surface area contributed by atoms with Gasteiger partial charge in [-0.3, -0.25) is 15.6 Å². The molecule has 2 aromatic carbocycles. The zero-order chi connectivity index (χ0) is 23.0. The fourth-order valence-electron chi connectivity index (χ4n) is 4.33. The lowest BCUT2D eigenvalue weighted by Crippen LogP contribution is -2.46. The number of amides is 1. The topological polar surface area (TPSA) is 108 Å². The van der Waals surface area contributed by atoms with Gasteiger partial charge in [0.25, 0.3) is 0 Å². The van der Waals surface area contributed by atoms with Crippen LogP contribution in [0.4, 0.5) is 0 Å². The molecule has 0 bridgehead atoms. The van der Waals surface area contributed by atoms with Crippen LogP contribution in [0.25, 0.3) is 10.9 Å². The van der Waals surface area contributed by atoms with Gasteiger partial charge in [-0.1, -0.05) is 48.5 Å². The number of aryl methyl sites for hydroxylation is 1. The molecule has 0 radical (unpaired) electrons. The second kappa shape index (κ2) is 10.9. The highest BCUT2D eigenvalue weighted by Crippen LogP contribution is 2.20. The number of carbonyl (C=O) groups is 1. The third-order valence-electron chi connectivity index (χ3n) is 6.24. The van der Waals surface area contributed by atoms with E-state index < -0.39 is 0 Å². The van der Waals surface area contributed by atoms with Crippen molar-refractivity contribution < 1.29 is 4.79 Å². The molecule has 2 heterocycles. The monoisotopic (exact) mass is 444 g/mol. The Bertz CT molecular complexity index is 1100. The lowest BCUT2D eigenvalue weighted by molar-refractivity contribution is -0.125. The Labute approximate surface area is 194 Å². The van der Waals surface area contributed by atoms with Gasteiger partial charge in [-0.25, -0.2) is 0 Å². The van der Waals surface area contributed by atoms with E-state index in [2.05, 4.69) is 21.7 Å². The van der Waals surface area contributed by atoms with Crippen LogP contribution in [0.2, 0.25) is 0 Å². The van der Waals surface area contributed by atoms with Gasteiger partial charge in [0, 0.05) is 30.1 Å². The van der Waals surface area contributed by atoms with Crippen molar-refractivity contribution in [2.24, 2.45) is 5.92 Å². The number of fused-ring (bicyclic) bond motifs is 1. The third-order valence-corrected chi connectivity index (χ3v) is 6.24. The molecule has 1 aromatic heterocycles. The van der Waals surface area contributed by atoms with E-state index in [0.29, 0.717) is 31.8 Å². The van der Waals surface area contributed by atoms with E-state index in [9.17, 15) is 4.79 Å². The highest BCUT2D eigenvalue weighted by molar-refractivity contribution is 6.00. The maximum Gasteiger partial charge on any atom is 0.224 e. The minimum atomic E-state index is -0.0459. The largest absolute Gasteiger partial charge is 0.361 e. The molecule has 1 saturated heterocycles. The number of H-pyrrole nitrogens is 1. The van der Waals surface area contributed by atoms with Gasteiger partial charge in [-0.15, -0.1) is 0 Å². The number of piperidine rings is 1. The summed E-state index contributed by atoms with van der Waals surface area (Å²) in [5, 5.41) is 24.8. The lowest BCUT2D eigenvalue weighted by Gasteiger charge is -2.27. The molecule has 0 spiro atoms. The molecular formula is C26H32N6O. The smallest absolute Gasteiger partial charge is 0.224 e. The second-order valence-corrected chi connectivity index (χ2v) is 8.59. The number of nitrogens with zero attached hydrogens (tertiary/aromatic N) is 1. The van der Waals surface area contributed by atoms with Gasteiger partial charge in [0.05, 0.1) is 19.0 Å². The van der Waals surface area contributed by atoms with Crippen LogP contribution in [0.5, 0.6) is 0 Å². The van der Waals surface area contributed by atoms with Gasteiger partial charge >= 0.3 is 0 Å². The maximum atomic E-state index is 12.5. The fraction of sp³-hybridized carbons (Fsp3) is 0.346. The molecule has 1 fully saturated rings. The molecule has 0 aliphatic carbocycles. The van der Waals surface area contributed by atoms with Crippen molar-refractivity contribution in [3.05, 3.63) is 71.9 Å². The van der Waals surface area contributed by atoms with E-state index in [1.807, 2.05) is 54.7 Å². The summed E-state index contributed by atoms with van der Waals surface area (Å²) in [6.07, 6.45) is 5.09. The average Bonchev–Trinajstić information content (AvgIpc) is 3.28. The van der Waals surface area contributed by atoms with Crippen molar-refractivity contribution in [3.63, 3.8) is 0 Å². The Hall–Kier alpha value is -3.45. The number of aromatic nitrogens is 1. The van der Waals surface area contributed by atoms with E-state index in [-0.39, 0.29) is 24.2 Å². The molecule has 5 N–H and O–H groups in total. The van der Waals surface area contributed by atoms with Crippen LogP contribution in [0.3, 0.4) is 0 Å². The van der Waals surface area contributed by atoms with Crippen LogP contribution >= 0.6 is 0 Å². The molecule has 172 valence electrons. The molecule has 7 heteroatoms. The lowest BCUT2D eigenvalue weighted by atomic mass is 9.99. The number of hydrogen-bond acceptors (Lipinski definition) is 4. The molecule has 7 nitrogen and oxygen atoms in total. The Morgan fingerprint density at radius 2 is 1.85 bits per heavy atom. The second-order valence-electron chi connectivity index (χ2n) is 8.59. The van der Waals surface area contributed by atoms with Crippen molar-refractivity contribution in [1.29, 1.82) is 10.8 Å². The molecule has 33 heavy (non-hydrogen) atoms. The van der Waals surface area contributed by atoms with Crippen LogP contribution < -0.4 is 10.6 Å². The Morgan fingerprint density at radius 3 is 2.64 bits per heavy atom. The minimum Gasteiger partial charge on any atom is -0.361 e. The number of nitrogens with one attached hydrogen (secondary N) is 5. The summed E-state index contributed by atoms with van der Waals surface area (Å²) in [5.74, 6) is 0.551. The summed E-state index contributed by atoms with van der Waals surface area (Å²) in [7, 11) is 0. The fourth-order valence-corrected chi connectivity index (χ4v) is 4.33. The van der Waals surface area contributed by atoms with Crippen molar-refractivity contribution in [1.82, 2.24) is 20.5 Å². The van der Waals surface area contributed by atoms with Crippen LogP contribution in [0.15, 0.2) is 60.8 Å². The van der Waals surface area contributed by atoms with Crippen LogP contribution in [0.1, 0.15) is 30.4 Å². The van der Waals surface area contributed by atoms with Gasteiger partial charge in [0.2, 0.25) is 5.91 Å². The first-order chi connectivity index (χ1) is 16.1. The molecule has 1 atom stereocenters. The predicted octanol–water partition coefficient (Wildman–Crippen LogP) is 3.67. The first kappa shape index (κ1) is 22.7. The number of aromatic amines is 1. The van der Waals surface area contributed by atoms with Crippen LogP contribution in [0, 0.1) is 16.7 Å². The maximum absolute atomic E-state index is 12.5. The SMILES string of the molecule is N=C(CCc1c[nH]c2ccccc12)N(Cc1ccccc1)C(=N)CNC(=O)C1CCCNC1. The third kappa shape index (κ3) is 5.87. The number of amidine groups is 2. The number of benzene rings is 2. The summed E-state index contributed by atoms with van der Waals surface area (Å²) in [6, 6.07) is 18.0. The van der Waals surface area contributed by atoms with E-state index in [1.54, 1.807) is 4.90 Å². The zero-order valence-corrected chi connectivity index (χ0v) is 18.9. The normalized spacial score (nSPS) is 15.8. The molecule has 1 amide bonds. The van der Waals surface area contributed by atoms with E-state index in [4.69, 9.17) is 10.8 Å². The van der Waals surface area contributed by atoms with Gasteiger partial charge in [0.15, 0.2) is 0 Å². The van der Waals surface area contributed by atoms with Gasteiger partial charge in [-0.05, 0) is 43.0 Å². The number of hydrogen-bond donors (Lipinski definition) is 5. The van der Waals surface area contributed by atoms with Gasteiger partial charge in [-0.2, -0.15) is 0 Å². The standard InChI is InChI=1S/C26H32N6O/c27-24(13-12-20-16-30-23-11-5-4-10-22(20)23)32(18-19-7-2-1-3-8-19)25(28)17-31-26(33)21-9-6-14-29-15-21/h1-5,7-8,10-11,16,21,27-30H,6,9,12-15,17-18H2,(H,31,33). The highest BCUT2D eigenvalue weighted by Gasteiger charge is 2.22. The molecular weight excluding hydrogens is 412 g/mol. The van der Waals surface area contributed by atoms with E-state index >= 15 is 0 Å². The van der Waals surface area contributed by atoms with Crippen LogP contribution in [-0.2, 0) is 17.8 Å². The van der Waals surface area contributed by atoms with E-state index in [0.717, 1.165) is 30.5 Å². The Balaban J connectivity index is 1.41. The number of carbonyl (C=O) groups excluding carboxylic acids is 1. The Kier molecular flexibility index (Phi) is 7.52. The summed E-state index contributed by atoms with van der Waals surface area (Å²) >= 11 is 0. The number of rotatable bonds is 8. The van der Waals surface area contributed by atoms with Crippen LogP contribution in [-0.4, -0.2) is 47.1 Å². The van der Waals surface area contributed by atoms with Gasteiger partial charge < -0.3 is 20.5 Å². The van der Waals surface area contributed by atoms with Crippen molar-refractivity contribution in [2.75, 3.05) is 19.6 Å². The quantitative estimate of drug-likeness (QED) is 0.270. The van der Waals surface area contributed by atoms with Crippen molar-refractivity contribution >= 4 is 28.5 Å². The molecule has 1 unspecified atom stereocenters. The highest BCUT2D eigenvalue weighted by atomic mass is 16.1. The molecule has 0 saturated carbocycles. The zero-order valence-electron chi connectivity index (χ0n) is 18.9. The van der Waals surface area contributed by atoms with E-state index in [1.165, 1.54) is 10.9 Å². The summed E-state index contributed by atoms with van der Waals surface area (Å²) < 4.78 is 0. The van der Waals surface area contributed by atoms with Gasteiger partial charge in [0.1, 0.15) is 11.7 Å². The Morgan fingerprint density at radius 1 is 1.06 bits per heavy atom.